The molecular formula is C12H16F2N2O. The summed E-state index contributed by atoms with van der Waals surface area (Å²) in [7, 11) is 3.35. The summed E-state index contributed by atoms with van der Waals surface area (Å²) in [4.78, 5) is 12.7. The van der Waals surface area contributed by atoms with Crippen LogP contribution in [0.1, 0.15) is 12.8 Å². The van der Waals surface area contributed by atoms with Gasteiger partial charge in [-0.05, 0) is 18.6 Å². The molecule has 0 saturated carbocycles. The zero-order valence-electron chi connectivity index (χ0n) is 9.96. The smallest absolute Gasteiger partial charge is 0.222 e. The van der Waals surface area contributed by atoms with Gasteiger partial charge in [0.25, 0.3) is 0 Å². The van der Waals surface area contributed by atoms with E-state index < -0.39 is 11.6 Å². The molecule has 1 amide bonds. The molecule has 0 saturated heterocycles. The topological polar surface area (TPSA) is 32.3 Å². The van der Waals surface area contributed by atoms with E-state index in [2.05, 4.69) is 5.32 Å². The first-order valence-electron chi connectivity index (χ1n) is 5.40. The van der Waals surface area contributed by atoms with E-state index in [1.54, 1.807) is 14.1 Å². The number of nitrogens with one attached hydrogen (secondary N) is 1. The van der Waals surface area contributed by atoms with Crippen molar-refractivity contribution >= 4 is 11.6 Å². The monoisotopic (exact) mass is 242 g/mol. The van der Waals surface area contributed by atoms with Gasteiger partial charge in [0.15, 0.2) is 0 Å². The number of carbonyl (C=O) groups excluding carboxylic acids is 1. The lowest BCUT2D eigenvalue weighted by atomic mass is 10.2. The van der Waals surface area contributed by atoms with E-state index >= 15 is 0 Å². The highest BCUT2D eigenvalue weighted by Crippen LogP contribution is 2.17. The van der Waals surface area contributed by atoms with E-state index in [-0.39, 0.29) is 11.6 Å². The van der Waals surface area contributed by atoms with Crippen LogP contribution in [-0.2, 0) is 4.79 Å². The Kier molecular flexibility index (Phi) is 4.87. The van der Waals surface area contributed by atoms with E-state index in [9.17, 15) is 13.6 Å². The summed E-state index contributed by atoms with van der Waals surface area (Å²) >= 11 is 0. The first-order valence-corrected chi connectivity index (χ1v) is 5.40. The number of benzene rings is 1. The van der Waals surface area contributed by atoms with Gasteiger partial charge in [0.1, 0.15) is 17.3 Å². The number of nitrogens with zero attached hydrogens (tertiary/aromatic N) is 1. The number of anilines is 1. The third kappa shape index (κ3) is 4.01. The zero-order valence-corrected chi connectivity index (χ0v) is 9.96. The Morgan fingerprint density at radius 1 is 1.29 bits per heavy atom. The Balaban J connectivity index is 2.39. The number of carbonyl (C=O) groups is 1. The van der Waals surface area contributed by atoms with Crippen LogP contribution in [0.4, 0.5) is 14.5 Å². The van der Waals surface area contributed by atoms with E-state index in [1.165, 1.54) is 23.1 Å². The second kappa shape index (κ2) is 6.18. The minimum Gasteiger partial charge on any atom is -0.380 e. The molecule has 94 valence electrons. The van der Waals surface area contributed by atoms with Gasteiger partial charge in [-0.15, -0.1) is 0 Å². The maximum atomic E-state index is 13.2. The number of amides is 1. The van der Waals surface area contributed by atoms with Crippen molar-refractivity contribution in [3.8, 4) is 0 Å². The molecule has 17 heavy (non-hydrogen) atoms. The molecule has 0 fully saturated rings. The van der Waals surface area contributed by atoms with Gasteiger partial charge in [-0.3, -0.25) is 4.79 Å². The summed E-state index contributed by atoms with van der Waals surface area (Å²) in [6.07, 6.45) is 0.890. The highest BCUT2D eigenvalue weighted by molar-refractivity contribution is 5.75. The Bertz CT molecular complexity index is 374. The Morgan fingerprint density at radius 2 is 1.88 bits per heavy atom. The van der Waals surface area contributed by atoms with Crippen LogP contribution in [0.5, 0.6) is 0 Å². The molecule has 0 aliphatic carbocycles. The highest BCUT2D eigenvalue weighted by atomic mass is 19.1. The number of halogens is 2. The van der Waals surface area contributed by atoms with Crippen LogP contribution >= 0.6 is 0 Å². The average Bonchev–Trinajstić information content (AvgIpc) is 2.27. The average molecular weight is 242 g/mol. The molecule has 0 aliphatic rings. The lowest BCUT2D eigenvalue weighted by Crippen LogP contribution is -2.22. The second-order valence-corrected chi connectivity index (χ2v) is 3.92. The van der Waals surface area contributed by atoms with Crippen LogP contribution in [0.15, 0.2) is 18.2 Å². The summed E-state index contributed by atoms with van der Waals surface area (Å²) < 4.78 is 26.4. The maximum Gasteiger partial charge on any atom is 0.222 e. The van der Waals surface area contributed by atoms with Crippen molar-refractivity contribution in [3.63, 3.8) is 0 Å². The van der Waals surface area contributed by atoms with E-state index in [4.69, 9.17) is 0 Å². The Morgan fingerprint density at radius 3 is 2.41 bits per heavy atom. The molecule has 1 aromatic rings. The number of hydrogen-bond donors (Lipinski definition) is 1. The fourth-order valence-corrected chi connectivity index (χ4v) is 1.34. The van der Waals surface area contributed by atoms with Gasteiger partial charge in [0.2, 0.25) is 5.91 Å². The third-order valence-corrected chi connectivity index (χ3v) is 2.33. The standard InChI is InChI=1S/C12H16F2N2O/c1-16(2)11(17)7-4-8-15-12-9(13)5-3-6-10(12)14/h3,5-6,15H,4,7-8H2,1-2H3. The minimum atomic E-state index is -0.621. The van der Waals surface area contributed by atoms with E-state index in [0.29, 0.717) is 19.4 Å². The van der Waals surface area contributed by atoms with Crippen molar-refractivity contribution < 1.29 is 13.6 Å². The van der Waals surface area contributed by atoms with Crippen molar-refractivity contribution in [1.82, 2.24) is 4.90 Å². The summed E-state index contributed by atoms with van der Waals surface area (Å²) in [5, 5.41) is 2.65. The lowest BCUT2D eigenvalue weighted by molar-refractivity contribution is -0.128. The summed E-state index contributed by atoms with van der Waals surface area (Å²) in [6, 6.07) is 3.69. The number of hydrogen-bond acceptors (Lipinski definition) is 2. The van der Waals surface area contributed by atoms with Crippen molar-refractivity contribution in [2.75, 3.05) is 26.0 Å². The van der Waals surface area contributed by atoms with E-state index in [0.717, 1.165) is 0 Å². The van der Waals surface area contributed by atoms with Crippen LogP contribution in [0.3, 0.4) is 0 Å². The van der Waals surface area contributed by atoms with Gasteiger partial charge in [-0.2, -0.15) is 0 Å². The van der Waals surface area contributed by atoms with Gasteiger partial charge in [-0.25, -0.2) is 8.78 Å². The van der Waals surface area contributed by atoms with Crippen molar-refractivity contribution in [3.05, 3.63) is 29.8 Å². The summed E-state index contributed by atoms with van der Waals surface area (Å²) in [6.45, 7) is 0.359. The van der Waals surface area contributed by atoms with E-state index in [1.807, 2.05) is 0 Å². The van der Waals surface area contributed by atoms with Crippen LogP contribution in [0.25, 0.3) is 0 Å². The van der Waals surface area contributed by atoms with Crippen LogP contribution in [0, 0.1) is 11.6 Å². The molecule has 0 heterocycles. The normalized spacial score (nSPS) is 10.1. The molecular weight excluding hydrogens is 226 g/mol. The van der Waals surface area contributed by atoms with Crippen LogP contribution in [0.2, 0.25) is 0 Å². The predicted molar refractivity (Wildman–Crippen MR) is 62.8 cm³/mol. The van der Waals surface area contributed by atoms with Gasteiger partial charge in [-0.1, -0.05) is 6.07 Å². The molecule has 1 aromatic carbocycles. The Hall–Kier alpha value is -1.65. The molecule has 1 N–H and O–H groups in total. The quantitative estimate of drug-likeness (QED) is 0.803. The summed E-state index contributed by atoms with van der Waals surface area (Å²) in [5.41, 5.74) is -0.134. The largest absolute Gasteiger partial charge is 0.380 e. The fraction of sp³-hybridized carbons (Fsp3) is 0.417. The maximum absolute atomic E-state index is 13.2. The SMILES string of the molecule is CN(C)C(=O)CCCNc1c(F)cccc1F. The Labute approximate surface area is 99.4 Å². The molecule has 0 radical (unpaired) electrons. The van der Waals surface area contributed by atoms with Crippen LogP contribution in [-0.4, -0.2) is 31.4 Å². The minimum absolute atomic E-state index is 0.000746. The number of rotatable bonds is 5. The zero-order chi connectivity index (χ0) is 12.8. The van der Waals surface area contributed by atoms with Gasteiger partial charge in [0.05, 0.1) is 0 Å². The number of para-hydroxylation sites is 1. The first kappa shape index (κ1) is 13.4. The molecule has 3 nitrogen and oxygen atoms in total. The molecule has 0 unspecified atom stereocenters. The third-order valence-electron chi connectivity index (χ3n) is 2.33. The molecule has 0 aliphatic heterocycles. The molecule has 0 aromatic heterocycles. The van der Waals surface area contributed by atoms with Crippen LogP contribution < -0.4 is 5.32 Å². The van der Waals surface area contributed by atoms with Crippen molar-refractivity contribution in [2.24, 2.45) is 0 Å². The molecule has 5 heteroatoms. The highest BCUT2D eigenvalue weighted by Gasteiger charge is 2.08. The lowest BCUT2D eigenvalue weighted by Gasteiger charge is -2.11. The second-order valence-electron chi connectivity index (χ2n) is 3.92. The first-order chi connectivity index (χ1) is 8.02. The summed E-state index contributed by atoms with van der Waals surface area (Å²) in [5.74, 6) is -1.24. The van der Waals surface area contributed by atoms with Crippen molar-refractivity contribution in [1.29, 1.82) is 0 Å². The van der Waals surface area contributed by atoms with Crippen molar-refractivity contribution in [2.45, 2.75) is 12.8 Å². The molecule has 0 bridgehead atoms. The molecule has 0 atom stereocenters. The fourth-order valence-electron chi connectivity index (χ4n) is 1.34. The molecule has 1 rings (SSSR count). The van der Waals surface area contributed by atoms with Gasteiger partial charge < -0.3 is 10.2 Å². The van der Waals surface area contributed by atoms with Gasteiger partial charge >= 0.3 is 0 Å². The molecule has 0 spiro atoms. The predicted octanol–water partition coefficient (Wildman–Crippen LogP) is 2.25. The van der Waals surface area contributed by atoms with Gasteiger partial charge in [0, 0.05) is 27.1 Å².